The molecule has 3 aliphatic heterocycles. The Morgan fingerprint density at radius 2 is 1.44 bits per heavy atom. The van der Waals surface area contributed by atoms with Crippen LogP contribution in [0.25, 0.3) is 0 Å². The number of ketones is 1. The molecule has 14 heteroatoms. The SMILES string of the molecule is CO[C@@H]1C[C@H](O[C@H]2[C@@H](O)C[C@H](O[C@H]3[C@H](C)O[C@H](OC4CC5=CC[C@H]6C(=O)[C@@](O)(c7ccoc7C)CC[C@@H]6[C@@]5(C)C[C@H]4O)C[C@H]3OC)O[C@@H]2C)O[C@@H](C)[C@@H]1O. The van der Waals surface area contributed by atoms with Crippen molar-refractivity contribution in [2.45, 2.75) is 178 Å². The maximum atomic E-state index is 13.9. The van der Waals surface area contributed by atoms with E-state index in [-0.39, 0.29) is 24.0 Å². The Balaban J connectivity index is 0.940. The normalized spacial score (nSPS) is 48.5. The van der Waals surface area contributed by atoms with Crippen molar-refractivity contribution in [3.63, 3.8) is 0 Å². The molecule has 4 N–H and O–H groups in total. The number of fused-ring (bicyclic) bond motifs is 3. The van der Waals surface area contributed by atoms with Crippen molar-refractivity contribution in [1.82, 2.24) is 0 Å². The molecule has 0 bridgehead atoms. The highest BCUT2D eigenvalue weighted by molar-refractivity contribution is 5.92. The highest BCUT2D eigenvalue weighted by Gasteiger charge is 2.58. The Labute approximate surface area is 317 Å². The number of ether oxygens (including phenoxy) is 8. The maximum Gasteiger partial charge on any atom is 0.172 e. The standard InChI is InChI=1S/C40H60O14/c1-19-25(11-13-48-19)40(45)12-10-26-24(38(40)44)9-8-23-14-29(28(42)18-39(23,26)5)52-33-17-31(47-7)37(22(4)51-33)54-32-15-27(41)36(21(3)50-32)53-34-16-30(46-6)35(43)20(2)49-34/h8,11,13,20-22,24,26-37,41-43,45H,9-10,12,14-18H2,1-7H3/t20-,21+,22-,24+,26-,27-,28+,29?,30+,31+,32-,33+,34-,35-,36+,37-,39-,40-/m0/s1. The van der Waals surface area contributed by atoms with E-state index in [1.807, 2.05) is 13.8 Å². The van der Waals surface area contributed by atoms with E-state index in [1.54, 1.807) is 27.0 Å². The number of carbonyl (C=O) groups is 1. The van der Waals surface area contributed by atoms with Gasteiger partial charge in [0.05, 0.1) is 55.1 Å². The molecule has 1 aromatic rings. The van der Waals surface area contributed by atoms with Crippen molar-refractivity contribution in [3.05, 3.63) is 35.3 Å². The van der Waals surface area contributed by atoms with Gasteiger partial charge in [-0.1, -0.05) is 18.6 Å². The monoisotopic (exact) mass is 764 g/mol. The molecule has 14 nitrogen and oxygen atoms in total. The summed E-state index contributed by atoms with van der Waals surface area (Å²) in [5.74, 6) is 0.0491. The second kappa shape index (κ2) is 15.9. The summed E-state index contributed by atoms with van der Waals surface area (Å²) in [6, 6.07) is 1.70. The average molecular weight is 765 g/mol. The first-order valence-electron chi connectivity index (χ1n) is 19.7. The molecule has 5 fully saturated rings. The number of hydrogen-bond acceptors (Lipinski definition) is 14. The lowest BCUT2D eigenvalue weighted by molar-refractivity contribution is -0.338. The molecule has 4 heterocycles. The van der Waals surface area contributed by atoms with Gasteiger partial charge in [-0.05, 0) is 77.2 Å². The number of aliphatic hydroxyl groups excluding tert-OH is 3. The molecule has 3 saturated heterocycles. The van der Waals surface area contributed by atoms with E-state index in [2.05, 4.69) is 13.0 Å². The fourth-order valence-electron chi connectivity index (χ4n) is 10.4. The van der Waals surface area contributed by atoms with Crippen LogP contribution in [0.1, 0.15) is 90.4 Å². The predicted octanol–water partition coefficient (Wildman–Crippen LogP) is 3.17. The molecule has 1 unspecified atom stereocenters. The first kappa shape index (κ1) is 40.4. The minimum absolute atomic E-state index is 0.00114. The van der Waals surface area contributed by atoms with Crippen molar-refractivity contribution in [1.29, 1.82) is 0 Å². The molecule has 0 aromatic carbocycles. The van der Waals surface area contributed by atoms with Crippen LogP contribution in [0, 0.1) is 24.2 Å². The van der Waals surface area contributed by atoms with Gasteiger partial charge in [0.25, 0.3) is 0 Å². The summed E-state index contributed by atoms with van der Waals surface area (Å²) >= 11 is 0. The van der Waals surface area contributed by atoms with Crippen LogP contribution < -0.4 is 0 Å². The number of aliphatic hydroxyl groups is 4. The lowest BCUT2D eigenvalue weighted by Crippen LogP contribution is -2.57. The molecule has 7 rings (SSSR count). The number of Topliss-reactive ketones (excluding diaryl/α,β-unsaturated/α-hetero) is 1. The van der Waals surface area contributed by atoms with E-state index < -0.39 is 97.0 Å². The van der Waals surface area contributed by atoms with Crippen molar-refractivity contribution in [2.75, 3.05) is 14.2 Å². The van der Waals surface area contributed by atoms with Gasteiger partial charge in [0, 0.05) is 45.0 Å². The van der Waals surface area contributed by atoms with Crippen LogP contribution in [-0.2, 0) is 48.3 Å². The topological polar surface area (TPSA) is 185 Å². The smallest absolute Gasteiger partial charge is 0.172 e. The van der Waals surface area contributed by atoms with Gasteiger partial charge in [-0.15, -0.1) is 0 Å². The molecule has 304 valence electrons. The van der Waals surface area contributed by atoms with Crippen molar-refractivity contribution in [3.8, 4) is 0 Å². The molecule has 0 amide bonds. The van der Waals surface area contributed by atoms with E-state index in [0.717, 1.165) is 0 Å². The van der Waals surface area contributed by atoms with Gasteiger partial charge in [0.1, 0.15) is 24.1 Å². The first-order chi connectivity index (χ1) is 25.7. The van der Waals surface area contributed by atoms with Crippen LogP contribution in [0.5, 0.6) is 0 Å². The highest BCUT2D eigenvalue weighted by atomic mass is 16.7. The fourth-order valence-corrected chi connectivity index (χ4v) is 10.4. The van der Waals surface area contributed by atoms with Gasteiger partial charge < -0.3 is 62.7 Å². The lowest BCUT2D eigenvalue weighted by Gasteiger charge is -2.55. The highest BCUT2D eigenvalue weighted by Crippen LogP contribution is 2.58. The zero-order valence-corrected chi connectivity index (χ0v) is 32.5. The van der Waals surface area contributed by atoms with Gasteiger partial charge in [-0.25, -0.2) is 0 Å². The minimum Gasteiger partial charge on any atom is -0.469 e. The summed E-state index contributed by atoms with van der Waals surface area (Å²) in [5, 5.41) is 44.6. The molecule has 6 aliphatic rings. The number of rotatable bonds is 9. The third-order valence-electron chi connectivity index (χ3n) is 13.5. The summed E-state index contributed by atoms with van der Waals surface area (Å²) in [5.41, 5.74) is -0.237. The Bertz CT molecular complexity index is 1490. The molecule has 54 heavy (non-hydrogen) atoms. The summed E-state index contributed by atoms with van der Waals surface area (Å²) in [4.78, 5) is 13.9. The summed E-state index contributed by atoms with van der Waals surface area (Å²) in [6.45, 7) is 9.36. The molecule has 18 atom stereocenters. The molecule has 0 radical (unpaired) electrons. The quantitative estimate of drug-likeness (QED) is 0.269. The first-order valence-corrected chi connectivity index (χ1v) is 19.7. The van der Waals surface area contributed by atoms with Gasteiger partial charge >= 0.3 is 0 Å². The zero-order chi connectivity index (χ0) is 38.7. The van der Waals surface area contributed by atoms with Crippen molar-refractivity contribution < 1.29 is 67.5 Å². The van der Waals surface area contributed by atoms with Gasteiger partial charge in [0.15, 0.2) is 30.3 Å². The lowest BCUT2D eigenvalue weighted by atomic mass is 9.51. The molecule has 3 aliphatic carbocycles. The number of aryl methyl sites for hydroxylation is 1. The van der Waals surface area contributed by atoms with Gasteiger partial charge in [-0.3, -0.25) is 4.79 Å². The number of carbonyl (C=O) groups excluding carboxylic acids is 1. The minimum atomic E-state index is -1.56. The Kier molecular flexibility index (Phi) is 11.9. The Hall–Kier alpha value is -1.79. The summed E-state index contributed by atoms with van der Waals surface area (Å²) in [7, 11) is 3.15. The number of hydrogen-bond donors (Lipinski definition) is 4. The van der Waals surface area contributed by atoms with E-state index in [4.69, 9.17) is 42.3 Å². The number of furan rings is 1. The third kappa shape index (κ3) is 7.40. The van der Waals surface area contributed by atoms with Gasteiger partial charge in [-0.2, -0.15) is 0 Å². The van der Waals surface area contributed by atoms with Crippen molar-refractivity contribution >= 4 is 5.78 Å². The Morgan fingerprint density at radius 3 is 2.11 bits per heavy atom. The number of allylic oxidation sites excluding steroid dienone is 1. The van der Waals surface area contributed by atoms with Crippen LogP contribution in [-0.4, -0.2) is 126 Å². The molecular formula is C40H60O14. The molecular weight excluding hydrogens is 704 g/mol. The van der Waals surface area contributed by atoms with E-state index in [9.17, 15) is 25.2 Å². The van der Waals surface area contributed by atoms with Crippen molar-refractivity contribution in [2.24, 2.45) is 17.3 Å². The Morgan fingerprint density at radius 1 is 0.815 bits per heavy atom. The predicted molar refractivity (Wildman–Crippen MR) is 190 cm³/mol. The number of methoxy groups -OCH3 is 2. The summed E-state index contributed by atoms with van der Waals surface area (Å²) < 4.78 is 54.1. The third-order valence-corrected chi connectivity index (χ3v) is 13.5. The fraction of sp³-hybridized carbons (Fsp3) is 0.825. The second-order valence-corrected chi connectivity index (χ2v) is 16.7. The van der Waals surface area contributed by atoms with Crippen LogP contribution in [0.15, 0.2) is 28.4 Å². The second-order valence-electron chi connectivity index (χ2n) is 16.7. The van der Waals surface area contributed by atoms with Crippen LogP contribution in [0.4, 0.5) is 0 Å². The molecule has 1 aromatic heterocycles. The van der Waals surface area contributed by atoms with Crippen LogP contribution in [0.3, 0.4) is 0 Å². The average Bonchev–Trinajstić information content (AvgIpc) is 3.57. The largest absolute Gasteiger partial charge is 0.469 e. The van der Waals surface area contributed by atoms with E-state index in [1.165, 1.54) is 18.9 Å². The zero-order valence-electron chi connectivity index (χ0n) is 32.5. The van der Waals surface area contributed by atoms with Gasteiger partial charge in [0.2, 0.25) is 0 Å². The van der Waals surface area contributed by atoms with E-state index in [0.29, 0.717) is 56.3 Å². The van der Waals surface area contributed by atoms with E-state index >= 15 is 0 Å². The van der Waals surface area contributed by atoms with Crippen LogP contribution >= 0.6 is 0 Å². The van der Waals surface area contributed by atoms with Crippen LogP contribution in [0.2, 0.25) is 0 Å². The molecule has 0 spiro atoms. The summed E-state index contributed by atoms with van der Waals surface area (Å²) in [6.07, 6.45) is -1.61. The maximum absolute atomic E-state index is 13.9. The molecule has 2 saturated carbocycles.